The summed E-state index contributed by atoms with van der Waals surface area (Å²) in [5.41, 5.74) is 1.06. The Morgan fingerprint density at radius 3 is 2.84 bits per heavy atom. The van der Waals surface area contributed by atoms with Crippen LogP contribution < -0.4 is 10.2 Å². The van der Waals surface area contributed by atoms with E-state index in [4.69, 9.17) is 11.6 Å². The smallest absolute Gasteiger partial charge is 0.227 e. The van der Waals surface area contributed by atoms with Gasteiger partial charge in [0, 0.05) is 31.4 Å². The number of carbonyl (C=O) groups is 2. The van der Waals surface area contributed by atoms with Crippen LogP contribution in [-0.4, -0.2) is 32.3 Å². The van der Waals surface area contributed by atoms with Gasteiger partial charge in [-0.3, -0.25) is 9.59 Å². The minimum atomic E-state index is -0.370. The summed E-state index contributed by atoms with van der Waals surface area (Å²) in [5, 5.41) is 3.16. The van der Waals surface area contributed by atoms with Gasteiger partial charge in [0.15, 0.2) is 6.29 Å². The van der Waals surface area contributed by atoms with Crippen LogP contribution in [0.3, 0.4) is 0 Å². The predicted molar refractivity (Wildman–Crippen MR) is 75.8 cm³/mol. The molecule has 2 rings (SSSR count). The number of hydrogen-bond acceptors (Lipinski definition) is 3. The monoisotopic (exact) mass is 280 g/mol. The molecule has 102 valence electrons. The number of aldehydes is 1. The first kappa shape index (κ1) is 13.9. The Labute approximate surface area is 117 Å². The van der Waals surface area contributed by atoms with E-state index in [-0.39, 0.29) is 11.3 Å². The lowest BCUT2D eigenvalue weighted by Crippen LogP contribution is -2.39. The number of rotatable bonds is 3. The molecule has 0 radical (unpaired) electrons. The zero-order valence-corrected chi connectivity index (χ0v) is 11.8. The Kier molecular flexibility index (Phi) is 3.80. The SMILES string of the molecule is CNC(=O)C1(C)CCN(c2ccc(C=O)c(Cl)c2)C1. The van der Waals surface area contributed by atoms with Crippen molar-refractivity contribution in [3.63, 3.8) is 0 Å². The van der Waals surface area contributed by atoms with Crippen LogP contribution in [0.25, 0.3) is 0 Å². The number of hydrogen-bond donors (Lipinski definition) is 1. The molecule has 1 unspecified atom stereocenters. The summed E-state index contributed by atoms with van der Waals surface area (Å²) in [4.78, 5) is 24.7. The van der Waals surface area contributed by atoms with E-state index in [9.17, 15) is 9.59 Å². The molecule has 0 aromatic heterocycles. The molecule has 5 heteroatoms. The fourth-order valence-corrected chi connectivity index (χ4v) is 2.70. The largest absolute Gasteiger partial charge is 0.370 e. The van der Waals surface area contributed by atoms with E-state index in [1.807, 2.05) is 13.0 Å². The molecule has 1 heterocycles. The van der Waals surface area contributed by atoms with E-state index in [1.54, 1.807) is 19.2 Å². The first-order valence-corrected chi connectivity index (χ1v) is 6.60. The lowest BCUT2D eigenvalue weighted by molar-refractivity contribution is -0.128. The van der Waals surface area contributed by atoms with Gasteiger partial charge in [0.2, 0.25) is 5.91 Å². The molecule has 19 heavy (non-hydrogen) atoms. The molecular formula is C14H17ClN2O2. The maximum Gasteiger partial charge on any atom is 0.227 e. The molecule has 0 aliphatic carbocycles. The quantitative estimate of drug-likeness (QED) is 0.863. The standard InChI is InChI=1S/C14H17ClN2O2/c1-14(13(19)16-2)5-6-17(9-14)11-4-3-10(8-18)12(15)7-11/h3-4,7-8H,5-6,9H2,1-2H3,(H,16,19). The summed E-state index contributed by atoms with van der Waals surface area (Å²) < 4.78 is 0. The molecule has 1 aliphatic rings. The van der Waals surface area contributed by atoms with E-state index in [0.717, 1.165) is 24.9 Å². The molecular weight excluding hydrogens is 264 g/mol. The van der Waals surface area contributed by atoms with Gasteiger partial charge in [-0.2, -0.15) is 0 Å². The van der Waals surface area contributed by atoms with Crippen LogP contribution in [0.5, 0.6) is 0 Å². The van der Waals surface area contributed by atoms with Gasteiger partial charge >= 0.3 is 0 Å². The highest BCUT2D eigenvalue weighted by atomic mass is 35.5. The van der Waals surface area contributed by atoms with Gasteiger partial charge in [0.25, 0.3) is 0 Å². The highest BCUT2D eigenvalue weighted by Crippen LogP contribution is 2.34. The molecule has 0 spiro atoms. The fraction of sp³-hybridized carbons (Fsp3) is 0.429. The second-order valence-corrected chi connectivity index (χ2v) is 5.54. The van der Waals surface area contributed by atoms with Crippen molar-refractivity contribution in [1.29, 1.82) is 0 Å². The van der Waals surface area contributed by atoms with Crippen molar-refractivity contribution in [3.8, 4) is 0 Å². The number of amides is 1. The van der Waals surface area contributed by atoms with Gasteiger partial charge in [0.05, 0.1) is 10.4 Å². The molecule has 1 aliphatic heterocycles. The predicted octanol–water partition coefficient (Wildman–Crippen LogP) is 2.11. The van der Waals surface area contributed by atoms with Gasteiger partial charge < -0.3 is 10.2 Å². The minimum Gasteiger partial charge on any atom is -0.370 e. The Morgan fingerprint density at radius 1 is 1.53 bits per heavy atom. The number of anilines is 1. The summed E-state index contributed by atoms with van der Waals surface area (Å²) in [7, 11) is 1.66. The van der Waals surface area contributed by atoms with Crippen LogP contribution in [0.1, 0.15) is 23.7 Å². The summed E-state index contributed by atoms with van der Waals surface area (Å²) in [6.07, 6.45) is 1.55. The number of benzene rings is 1. The lowest BCUT2D eigenvalue weighted by Gasteiger charge is -2.24. The van der Waals surface area contributed by atoms with Crippen LogP contribution in [-0.2, 0) is 4.79 Å². The zero-order chi connectivity index (χ0) is 14.0. The Hall–Kier alpha value is -1.55. The summed E-state index contributed by atoms with van der Waals surface area (Å²) in [6, 6.07) is 5.35. The van der Waals surface area contributed by atoms with Crippen molar-refractivity contribution < 1.29 is 9.59 Å². The van der Waals surface area contributed by atoms with E-state index >= 15 is 0 Å². The van der Waals surface area contributed by atoms with Crippen LogP contribution >= 0.6 is 11.6 Å². The van der Waals surface area contributed by atoms with Crippen molar-refractivity contribution in [2.75, 3.05) is 25.0 Å². The fourth-order valence-electron chi connectivity index (χ4n) is 2.48. The summed E-state index contributed by atoms with van der Waals surface area (Å²) in [6.45, 7) is 3.43. The topological polar surface area (TPSA) is 49.4 Å². The number of carbonyl (C=O) groups excluding carboxylic acids is 2. The van der Waals surface area contributed by atoms with Gasteiger partial charge in [-0.15, -0.1) is 0 Å². The summed E-state index contributed by atoms with van der Waals surface area (Å²) >= 11 is 6.03. The van der Waals surface area contributed by atoms with E-state index in [2.05, 4.69) is 10.2 Å². The molecule has 0 saturated carbocycles. The maximum absolute atomic E-state index is 11.9. The average Bonchev–Trinajstić information content (AvgIpc) is 2.81. The molecule has 1 aromatic carbocycles. The normalized spacial score (nSPS) is 22.4. The first-order valence-electron chi connectivity index (χ1n) is 6.22. The van der Waals surface area contributed by atoms with Crippen molar-refractivity contribution >= 4 is 29.5 Å². The molecule has 1 N–H and O–H groups in total. The Balaban J connectivity index is 2.19. The van der Waals surface area contributed by atoms with Crippen molar-refractivity contribution in [2.24, 2.45) is 5.41 Å². The minimum absolute atomic E-state index is 0.0607. The molecule has 1 fully saturated rings. The Morgan fingerprint density at radius 2 is 2.26 bits per heavy atom. The second-order valence-electron chi connectivity index (χ2n) is 5.14. The van der Waals surface area contributed by atoms with Gasteiger partial charge in [-0.05, 0) is 31.5 Å². The molecule has 1 aromatic rings. The van der Waals surface area contributed by atoms with E-state index in [0.29, 0.717) is 17.1 Å². The highest BCUT2D eigenvalue weighted by Gasteiger charge is 2.39. The molecule has 4 nitrogen and oxygen atoms in total. The van der Waals surface area contributed by atoms with Gasteiger partial charge in [0.1, 0.15) is 0 Å². The number of nitrogens with zero attached hydrogens (tertiary/aromatic N) is 1. The Bertz CT molecular complexity index is 518. The zero-order valence-electron chi connectivity index (χ0n) is 11.1. The van der Waals surface area contributed by atoms with Crippen molar-refractivity contribution in [2.45, 2.75) is 13.3 Å². The van der Waals surface area contributed by atoms with Crippen molar-refractivity contribution in [3.05, 3.63) is 28.8 Å². The van der Waals surface area contributed by atoms with Crippen LogP contribution in [0, 0.1) is 5.41 Å². The third-order valence-electron chi connectivity index (χ3n) is 3.72. The number of halogens is 1. The third-order valence-corrected chi connectivity index (χ3v) is 4.05. The molecule has 1 amide bonds. The third kappa shape index (κ3) is 2.59. The first-order chi connectivity index (χ1) is 9.00. The van der Waals surface area contributed by atoms with Gasteiger partial charge in [-0.1, -0.05) is 11.6 Å². The van der Waals surface area contributed by atoms with Crippen molar-refractivity contribution in [1.82, 2.24) is 5.32 Å². The lowest BCUT2D eigenvalue weighted by atomic mass is 9.89. The van der Waals surface area contributed by atoms with E-state index < -0.39 is 0 Å². The van der Waals surface area contributed by atoms with E-state index in [1.165, 1.54) is 0 Å². The molecule has 1 atom stereocenters. The summed E-state index contributed by atoms with van der Waals surface area (Å²) in [5.74, 6) is 0.0607. The highest BCUT2D eigenvalue weighted by molar-refractivity contribution is 6.33. The van der Waals surface area contributed by atoms with Crippen LogP contribution in [0.2, 0.25) is 5.02 Å². The second kappa shape index (κ2) is 5.21. The average molecular weight is 281 g/mol. The van der Waals surface area contributed by atoms with Crippen LogP contribution in [0.15, 0.2) is 18.2 Å². The van der Waals surface area contributed by atoms with Crippen LogP contribution in [0.4, 0.5) is 5.69 Å². The maximum atomic E-state index is 11.9. The molecule has 1 saturated heterocycles. The van der Waals surface area contributed by atoms with Gasteiger partial charge in [-0.25, -0.2) is 0 Å². The molecule has 0 bridgehead atoms. The number of nitrogens with one attached hydrogen (secondary N) is 1.